The van der Waals surface area contributed by atoms with Crippen molar-refractivity contribution in [2.24, 2.45) is 10.8 Å². The maximum atomic E-state index is 9.49. The summed E-state index contributed by atoms with van der Waals surface area (Å²) in [6, 6.07) is 8.27. The third kappa shape index (κ3) is 4.43. The van der Waals surface area contributed by atoms with Gasteiger partial charge in [-0.2, -0.15) is 10.2 Å². The Morgan fingerprint density at radius 2 is 1.50 bits per heavy atom. The van der Waals surface area contributed by atoms with Crippen molar-refractivity contribution in [2.45, 2.75) is 67.5 Å². The van der Waals surface area contributed by atoms with Crippen LogP contribution in [-0.2, 0) is 0 Å². The molecule has 26 heavy (non-hydrogen) atoms. The van der Waals surface area contributed by atoms with Crippen LogP contribution in [0.1, 0.15) is 61.0 Å². The van der Waals surface area contributed by atoms with Gasteiger partial charge < -0.3 is 10.6 Å². The Labute approximate surface area is 157 Å². The number of nitrogens with zero attached hydrogens (tertiary/aromatic N) is 3. The number of fused-ring (bicyclic) bond motifs is 1. The van der Waals surface area contributed by atoms with Crippen LogP contribution in [0, 0.1) is 22.2 Å². The molecule has 2 rings (SSSR count). The van der Waals surface area contributed by atoms with E-state index in [0.717, 1.165) is 11.2 Å². The molecule has 2 aromatic rings. The number of hydrogen-bond donors (Lipinski definition) is 2. The third-order valence-electron chi connectivity index (χ3n) is 5.14. The molecule has 0 aliphatic rings. The van der Waals surface area contributed by atoms with E-state index in [4.69, 9.17) is 4.98 Å². The predicted molar refractivity (Wildman–Crippen MR) is 109 cm³/mol. The van der Waals surface area contributed by atoms with Crippen LogP contribution < -0.4 is 10.6 Å². The standard InChI is InChI=1S/C21H31N5/c1-13(20(3,4)5)23-18-16-11-9-10-15(12-22)17(16)25-19(26-18)24-14(2)21(6,7)8/h9-11,13-14H,1-8H3,(H2,23,24,25,26). The van der Waals surface area contributed by atoms with Crippen molar-refractivity contribution in [1.29, 1.82) is 5.26 Å². The summed E-state index contributed by atoms with van der Waals surface area (Å²) in [5.41, 5.74) is 1.38. The quantitative estimate of drug-likeness (QED) is 0.791. The van der Waals surface area contributed by atoms with E-state index >= 15 is 0 Å². The summed E-state index contributed by atoms with van der Waals surface area (Å²) in [6.07, 6.45) is 0. The SMILES string of the molecule is CC(Nc1nc(NC(C)C(C)(C)C)c2cccc(C#N)c2n1)C(C)(C)C. The molecule has 2 unspecified atom stereocenters. The lowest BCUT2D eigenvalue weighted by Gasteiger charge is -2.30. The summed E-state index contributed by atoms with van der Waals surface area (Å²) in [5, 5.41) is 17.3. The van der Waals surface area contributed by atoms with Crippen molar-refractivity contribution < 1.29 is 0 Å². The highest BCUT2D eigenvalue weighted by molar-refractivity contribution is 5.93. The van der Waals surface area contributed by atoms with E-state index in [2.05, 4.69) is 77.1 Å². The Morgan fingerprint density at radius 3 is 2.04 bits per heavy atom. The van der Waals surface area contributed by atoms with E-state index in [1.165, 1.54) is 0 Å². The van der Waals surface area contributed by atoms with Crippen LogP contribution >= 0.6 is 0 Å². The Morgan fingerprint density at radius 1 is 0.923 bits per heavy atom. The van der Waals surface area contributed by atoms with E-state index in [1.807, 2.05) is 12.1 Å². The molecule has 0 spiro atoms. The molecule has 5 heteroatoms. The number of benzene rings is 1. The minimum absolute atomic E-state index is 0.0688. The fourth-order valence-electron chi connectivity index (χ4n) is 2.25. The van der Waals surface area contributed by atoms with Crippen LogP contribution in [0.3, 0.4) is 0 Å². The van der Waals surface area contributed by atoms with Gasteiger partial charge in [-0.15, -0.1) is 0 Å². The molecule has 0 saturated heterocycles. The lowest BCUT2D eigenvalue weighted by atomic mass is 9.88. The first-order valence-corrected chi connectivity index (χ1v) is 9.17. The van der Waals surface area contributed by atoms with Crippen molar-refractivity contribution in [3.8, 4) is 6.07 Å². The third-order valence-corrected chi connectivity index (χ3v) is 5.14. The Hall–Kier alpha value is -2.35. The number of nitriles is 1. The van der Waals surface area contributed by atoms with Gasteiger partial charge in [0, 0.05) is 17.5 Å². The zero-order valence-corrected chi connectivity index (χ0v) is 17.2. The van der Waals surface area contributed by atoms with Crippen LogP contribution in [0.15, 0.2) is 18.2 Å². The first-order valence-electron chi connectivity index (χ1n) is 9.17. The highest BCUT2D eigenvalue weighted by Crippen LogP contribution is 2.30. The van der Waals surface area contributed by atoms with Crippen LogP contribution in [0.25, 0.3) is 10.9 Å². The maximum Gasteiger partial charge on any atom is 0.225 e. The highest BCUT2D eigenvalue weighted by atomic mass is 15.2. The molecule has 0 fully saturated rings. The minimum atomic E-state index is 0.0688. The number of aromatic nitrogens is 2. The minimum Gasteiger partial charge on any atom is -0.366 e. The number of hydrogen-bond acceptors (Lipinski definition) is 5. The summed E-state index contributed by atoms with van der Waals surface area (Å²) in [5.74, 6) is 1.31. The summed E-state index contributed by atoms with van der Waals surface area (Å²) in [7, 11) is 0. The van der Waals surface area contributed by atoms with Gasteiger partial charge in [0.25, 0.3) is 0 Å². The molecular weight excluding hydrogens is 322 g/mol. The first kappa shape index (κ1) is 20.0. The van der Waals surface area contributed by atoms with Gasteiger partial charge in [0.1, 0.15) is 11.9 Å². The van der Waals surface area contributed by atoms with Crippen LogP contribution in [-0.4, -0.2) is 22.1 Å². The summed E-state index contributed by atoms with van der Waals surface area (Å²) in [4.78, 5) is 9.39. The number of nitrogens with one attached hydrogen (secondary N) is 2. The van der Waals surface area contributed by atoms with Gasteiger partial charge >= 0.3 is 0 Å². The molecule has 5 nitrogen and oxygen atoms in total. The second-order valence-corrected chi connectivity index (χ2v) is 9.17. The second kappa shape index (κ2) is 7.11. The van der Waals surface area contributed by atoms with Crippen molar-refractivity contribution in [3.05, 3.63) is 23.8 Å². The van der Waals surface area contributed by atoms with E-state index in [0.29, 0.717) is 17.0 Å². The molecule has 0 aliphatic heterocycles. The Balaban J connectivity index is 2.56. The first-order chi connectivity index (χ1) is 11.9. The van der Waals surface area contributed by atoms with Crippen molar-refractivity contribution in [2.75, 3.05) is 10.6 Å². The van der Waals surface area contributed by atoms with E-state index in [1.54, 1.807) is 6.07 Å². The summed E-state index contributed by atoms with van der Waals surface area (Å²) < 4.78 is 0. The second-order valence-electron chi connectivity index (χ2n) is 9.17. The zero-order valence-electron chi connectivity index (χ0n) is 17.2. The normalized spacial score (nSPS) is 14.6. The Bertz CT molecular complexity index is 821. The van der Waals surface area contributed by atoms with Crippen molar-refractivity contribution in [3.63, 3.8) is 0 Å². The van der Waals surface area contributed by atoms with Crippen LogP contribution in [0.5, 0.6) is 0 Å². The molecule has 0 amide bonds. The maximum absolute atomic E-state index is 9.49. The van der Waals surface area contributed by atoms with Gasteiger partial charge in [0.05, 0.1) is 11.1 Å². The Kier molecular flexibility index (Phi) is 5.46. The number of rotatable bonds is 4. The molecular formula is C21H31N5. The van der Waals surface area contributed by atoms with Gasteiger partial charge in [-0.1, -0.05) is 47.6 Å². The molecule has 1 aromatic heterocycles. The fourth-order valence-corrected chi connectivity index (χ4v) is 2.25. The van der Waals surface area contributed by atoms with E-state index < -0.39 is 0 Å². The van der Waals surface area contributed by atoms with E-state index in [9.17, 15) is 5.26 Å². The van der Waals surface area contributed by atoms with Crippen LogP contribution in [0.2, 0.25) is 0 Å². The summed E-state index contributed by atoms with van der Waals surface area (Å²) >= 11 is 0. The molecule has 140 valence electrons. The van der Waals surface area contributed by atoms with Crippen molar-refractivity contribution >= 4 is 22.7 Å². The van der Waals surface area contributed by atoms with Crippen LogP contribution in [0.4, 0.5) is 11.8 Å². The van der Waals surface area contributed by atoms with Gasteiger partial charge in [-0.05, 0) is 36.8 Å². The molecule has 1 aromatic carbocycles. The smallest absolute Gasteiger partial charge is 0.225 e. The molecule has 2 atom stereocenters. The van der Waals surface area contributed by atoms with Gasteiger partial charge in [-0.25, -0.2) is 4.98 Å². The van der Waals surface area contributed by atoms with Crippen molar-refractivity contribution in [1.82, 2.24) is 9.97 Å². The zero-order chi connectivity index (χ0) is 19.7. The average Bonchev–Trinajstić information content (AvgIpc) is 2.52. The van der Waals surface area contributed by atoms with E-state index in [-0.39, 0.29) is 22.9 Å². The monoisotopic (exact) mass is 353 g/mol. The lowest BCUT2D eigenvalue weighted by molar-refractivity contribution is 0.357. The van der Waals surface area contributed by atoms with Gasteiger partial charge in [-0.3, -0.25) is 0 Å². The average molecular weight is 354 g/mol. The topological polar surface area (TPSA) is 73.6 Å². The fraction of sp³-hybridized carbons (Fsp3) is 0.571. The highest BCUT2D eigenvalue weighted by Gasteiger charge is 2.24. The number of anilines is 2. The molecule has 2 N–H and O–H groups in total. The molecule has 0 radical (unpaired) electrons. The molecule has 0 bridgehead atoms. The predicted octanol–water partition coefficient (Wildman–Crippen LogP) is 5.19. The van der Waals surface area contributed by atoms with Gasteiger partial charge in [0.2, 0.25) is 5.95 Å². The summed E-state index contributed by atoms with van der Waals surface area (Å²) in [6.45, 7) is 17.4. The molecule has 1 heterocycles. The lowest BCUT2D eigenvalue weighted by Crippen LogP contribution is -2.33. The number of para-hydroxylation sites is 1. The van der Waals surface area contributed by atoms with Gasteiger partial charge in [0.15, 0.2) is 0 Å². The molecule has 0 aliphatic carbocycles. The molecule has 0 saturated carbocycles. The largest absolute Gasteiger partial charge is 0.366 e.